The highest BCUT2D eigenvalue weighted by molar-refractivity contribution is 6.32. The second kappa shape index (κ2) is 9.02. The maximum atomic E-state index is 6.14. The fourth-order valence-electron chi connectivity index (χ4n) is 1.59. The molecule has 0 aliphatic rings. The normalized spacial score (nSPS) is 12.2. The molecule has 0 fully saturated rings. The van der Waals surface area contributed by atoms with Crippen molar-refractivity contribution in [3.05, 3.63) is 70.8 Å². The summed E-state index contributed by atoms with van der Waals surface area (Å²) in [4.78, 5) is 0. The second-order valence-corrected chi connectivity index (χ2v) is 4.37. The first-order valence-corrected chi connectivity index (χ1v) is 6.75. The van der Waals surface area contributed by atoms with Crippen molar-refractivity contribution in [1.82, 2.24) is 0 Å². The third-order valence-corrected chi connectivity index (χ3v) is 3.01. The largest absolute Gasteiger partial charge is 0.0991 e. The summed E-state index contributed by atoms with van der Waals surface area (Å²) in [5.41, 5.74) is 1.98. The first kappa shape index (κ1) is 17.0. The molecule has 0 saturated heterocycles. The van der Waals surface area contributed by atoms with Gasteiger partial charge in [-0.2, -0.15) is 0 Å². The van der Waals surface area contributed by atoms with Crippen LogP contribution in [0.1, 0.15) is 32.3 Å². The van der Waals surface area contributed by atoms with Gasteiger partial charge in [-0.15, -0.1) is 0 Å². The van der Waals surface area contributed by atoms with Crippen molar-refractivity contribution in [3.63, 3.8) is 0 Å². The summed E-state index contributed by atoms with van der Waals surface area (Å²) >= 11 is 12.1. The molecule has 98 valence electrons. The lowest BCUT2D eigenvalue weighted by Crippen LogP contribution is -1.99. The molecule has 0 amide bonds. The number of hydrogen-bond acceptors (Lipinski definition) is 0. The molecular formula is C16H20Cl2. The molecule has 1 aromatic carbocycles. The zero-order valence-electron chi connectivity index (χ0n) is 11.2. The van der Waals surface area contributed by atoms with Crippen molar-refractivity contribution in [3.8, 4) is 0 Å². The number of allylic oxidation sites excluding steroid dienone is 4. The first-order chi connectivity index (χ1) is 8.57. The lowest BCUT2D eigenvalue weighted by atomic mass is 9.92. The Kier molecular flexibility index (Phi) is 8.53. The lowest BCUT2D eigenvalue weighted by Gasteiger charge is -2.16. The van der Waals surface area contributed by atoms with Crippen LogP contribution in [0.2, 0.25) is 5.02 Å². The van der Waals surface area contributed by atoms with E-state index in [2.05, 4.69) is 13.2 Å². The van der Waals surface area contributed by atoms with Crippen molar-refractivity contribution in [1.29, 1.82) is 0 Å². The Morgan fingerprint density at radius 1 is 1.28 bits per heavy atom. The van der Waals surface area contributed by atoms with Crippen LogP contribution in [0.4, 0.5) is 0 Å². The van der Waals surface area contributed by atoms with Crippen LogP contribution in [-0.2, 0) is 0 Å². The quantitative estimate of drug-likeness (QED) is 0.566. The van der Waals surface area contributed by atoms with E-state index in [0.717, 1.165) is 16.2 Å². The van der Waals surface area contributed by atoms with Crippen LogP contribution < -0.4 is 0 Å². The molecule has 2 heteroatoms. The third kappa shape index (κ3) is 4.72. The van der Waals surface area contributed by atoms with Crippen molar-refractivity contribution in [2.75, 3.05) is 0 Å². The van der Waals surface area contributed by atoms with Gasteiger partial charge in [-0.3, -0.25) is 0 Å². The molecule has 18 heavy (non-hydrogen) atoms. The van der Waals surface area contributed by atoms with E-state index in [9.17, 15) is 0 Å². The molecule has 1 aromatic rings. The average Bonchev–Trinajstić information content (AvgIpc) is 2.38. The third-order valence-electron chi connectivity index (χ3n) is 2.45. The van der Waals surface area contributed by atoms with Crippen LogP contribution in [0, 0.1) is 0 Å². The van der Waals surface area contributed by atoms with Crippen LogP contribution in [-0.4, -0.2) is 0 Å². The average molecular weight is 283 g/mol. The van der Waals surface area contributed by atoms with Gasteiger partial charge in [-0.05, 0) is 17.2 Å². The van der Waals surface area contributed by atoms with E-state index in [1.807, 2.05) is 51.1 Å². The molecule has 0 saturated carbocycles. The Morgan fingerprint density at radius 3 is 2.28 bits per heavy atom. The molecule has 0 aliphatic heterocycles. The second-order valence-electron chi connectivity index (χ2n) is 3.51. The zero-order chi connectivity index (χ0) is 14.1. The van der Waals surface area contributed by atoms with Gasteiger partial charge in [0.05, 0.1) is 0 Å². The summed E-state index contributed by atoms with van der Waals surface area (Å²) in [6.45, 7) is 13.5. The van der Waals surface area contributed by atoms with E-state index in [-0.39, 0.29) is 5.92 Å². The number of benzene rings is 1. The molecule has 0 heterocycles. The predicted octanol–water partition coefficient (Wildman–Crippen LogP) is 6.33. The van der Waals surface area contributed by atoms with Crippen LogP contribution in [0.25, 0.3) is 0 Å². The molecule has 1 unspecified atom stereocenters. The van der Waals surface area contributed by atoms with Crippen LogP contribution >= 0.6 is 23.2 Å². The Morgan fingerprint density at radius 2 is 1.83 bits per heavy atom. The molecule has 0 aromatic heterocycles. The molecule has 0 bridgehead atoms. The van der Waals surface area contributed by atoms with Gasteiger partial charge in [0.25, 0.3) is 0 Å². The van der Waals surface area contributed by atoms with Crippen molar-refractivity contribution < 1.29 is 0 Å². The Balaban J connectivity index is 0.00000137. The van der Waals surface area contributed by atoms with Crippen LogP contribution in [0.15, 0.2) is 60.2 Å². The monoisotopic (exact) mass is 282 g/mol. The number of rotatable bonds is 4. The van der Waals surface area contributed by atoms with Gasteiger partial charge in [0.1, 0.15) is 0 Å². The van der Waals surface area contributed by atoms with E-state index < -0.39 is 0 Å². The minimum absolute atomic E-state index is 0.108. The van der Waals surface area contributed by atoms with Crippen LogP contribution in [0.3, 0.4) is 0 Å². The number of halogens is 2. The van der Waals surface area contributed by atoms with Crippen molar-refractivity contribution in [2.24, 2.45) is 0 Å². The van der Waals surface area contributed by atoms with E-state index in [4.69, 9.17) is 23.2 Å². The van der Waals surface area contributed by atoms with Gasteiger partial charge in [0.15, 0.2) is 0 Å². The zero-order valence-corrected chi connectivity index (χ0v) is 12.7. The van der Waals surface area contributed by atoms with Crippen molar-refractivity contribution in [2.45, 2.75) is 26.7 Å². The molecule has 1 rings (SSSR count). The molecule has 0 N–H and O–H groups in total. The van der Waals surface area contributed by atoms with Gasteiger partial charge >= 0.3 is 0 Å². The van der Waals surface area contributed by atoms with Crippen LogP contribution in [0.5, 0.6) is 0 Å². The molecular weight excluding hydrogens is 263 g/mol. The first-order valence-electron chi connectivity index (χ1n) is 5.99. The Bertz CT molecular complexity index is 430. The lowest BCUT2D eigenvalue weighted by molar-refractivity contribution is 0.918. The Hall–Kier alpha value is -0.980. The summed E-state index contributed by atoms with van der Waals surface area (Å²) < 4.78 is 0. The summed E-state index contributed by atoms with van der Waals surface area (Å²) in [6.07, 6.45) is 3.57. The summed E-state index contributed by atoms with van der Waals surface area (Å²) in [6, 6.07) is 7.73. The number of hydrogen-bond donors (Lipinski definition) is 0. The predicted molar refractivity (Wildman–Crippen MR) is 84.5 cm³/mol. The van der Waals surface area contributed by atoms with E-state index >= 15 is 0 Å². The fraction of sp³-hybridized carbons (Fsp3) is 0.250. The summed E-state index contributed by atoms with van der Waals surface area (Å²) in [7, 11) is 0. The summed E-state index contributed by atoms with van der Waals surface area (Å²) in [5.74, 6) is 0.108. The topological polar surface area (TPSA) is 0 Å². The molecule has 0 aliphatic carbocycles. The van der Waals surface area contributed by atoms with Gasteiger partial charge in [-0.1, -0.05) is 87.5 Å². The minimum atomic E-state index is 0.108. The molecule has 0 spiro atoms. The van der Waals surface area contributed by atoms with Gasteiger partial charge < -0.3 is 0 Å². The maximum Gasteiger partial charge on any atom is 0.0444 e. The highest BCUT2D eigenvalue weighted by Crippen LogP contribution is 2.33. The van der Waals surface area contributed by atoms with E-state index in [0.29, 0.717) is 5.03 Å². The summed E-state index contributed by atoms with van der Waals surface area (Å²) in [5, 5.41) is 1.26. The molecule has 0 nitrogen and oxygen atoms in total. The fourth-order valence-corrected chi connectivity index (χ4v) is 2.12. The highest BCUT2D eigenvalue weighted by Gasteiger charge is 2.14. The molecule has 0 radical (unpaired) electrons. The van der Waals surface area contributed by atoms with Gasteiger partial charge in [0, 0.05) is 16.0 Å². The van der Waals surface area contributed by atoms with Gasteiger partial charge in [-0.25, -0.2) is 0 Å². The van der Waals surface area contributed by atoms with Crippen molar-refractivity contribution >= 4 is 23.2 Å². The Labute approximate surface area is 121 Å². The minimum Gasteiger partial charge on any atom is -0.0991 e. The smallest absolute Gasteiger partial charge is 0.0444 e. The standard InChI is InChI=1S/C14H14Cl2.C2H6/c1-4-7-12(11(3)15)10(2)13-8-5-6-9-14(13)16;1-2/h4-10H,1,3H2,2H3;1-2H3/b12-7-;. The van der Waals surface area contributed by atoms with E-state index in [1.165, 1.54) is 0 Å². The van der Waals surface area contributed by atoms with Gasteiger partial charge in [0.2, 0.25) is 0 Å². The maximum absolute atomic E-state index is 6.14. The SMILES string of the molecule is C=C/C=C(\C(=C)Cl)C(C)c1ccccc1Cl.CC. The highest BCUT2D eigenvalue weighted by atomic mass is 35.5. The van der Waals surface area contributed by atoms with E-state index in [1.54, 1.807) is 6.08 Å². The molecule has 1 atom stereocenters.